The third kappa shape index (κ3) is 3.86. The lowest BCUT2D eigenvalue weighted by Crippen LogP contribution is -2.32. The number of carbonyl (C=O) groups is 2. The molecular formula is C23H17NO5S. The summed E-state index contributed by atoms with van der Waals surface area (Å²) in [6.07, 6.45) is 0. The van der Waals surface area contributed by atoms with Gasteiger partial charge in [0.1, 0.15) is 0 Å². The molecule has 0 N–H and O–H groups in total. The van der Waals surface area contributed by atoms with Crippen molar-refractivity contribution in [2.24, 2.45) is 0 Å². The second-order valence-corrected chi connectivity index (χ2v) is 7.65. The molecule has 30 heavy (non-hydrogen) atoms. The first-order valence-corrected chi connectivity index (χ1v) is 10.2. The number of hydroxylamine groups is 2. The molecule has 1 atom stereocenters. The van der Waals surface area contributed by atoms with Crippen LogP contribution >= 0.6 is 0 Å². The quantitative estimate of drug-likeness (QED) is 0.345. The normalized spacial score (nSPS) is 15.0. The van der Waals surface area contributed by atoms with E-state index in [1.165, 1.54) is 0 Å². The van der Waals surface area contributed by atoms with Gasteiger partial charge in [0, 0.05) is 0 Å². The number of aryl methyl sites for hydroxylation is 1. The van der Waals surface area contributed by atoms with Gasteiger partial charge in [-0.25, -0.2) is 4.21 Å². The number of carbonyl (C=O) groups excluding carboxylic acids is 2. The monoisotopic (exact) mass is 419 g/mol. The summed E-state index contributed by atoms with van der Waals surface area (Å²) in [5.74, 6) is -1.38. The van der Waals surface area contributed by atoms with E-state index in [1.54, 1.807) is 72.8 Å². The number of imide groups is 1. The summed E-state index contributed by atoms with van der Waals surface area (Å²) in [6, 6.07) is 24.4. The minimum Gasteiger partial charge on any atom is -0.266 e. The van der Waals surface area contributed by atoms with Crippen LogP contribution in [0, 0.1) is 6.92 Å². The number of hydrogen-bond donors (Lipinski definition) is 0. The first-order chi connectivity index (χ1) is 14.6. The molecule has 1 aliphatic rings. The smallest absolute Gasteiger partial charge is 0.266 e. The predicted octanol–water partition coefficient (Wildman–Crippen LogP) is 3.86. The summed E-state index contributed by atoms with van der Waals surface area (Å²) in [5.41, 5.74) is 2.51. The van der Waals surface area contributed by atoms with E-state index in [2.05, 4.69) is 0 Å². The van der Waals surface area contributed by atoms with Crippen LogP contribution in [0.3, 0.4) is 0 Å². The molecule has 1 heterocycles. The second-order valence-electron chi connectivity index (χ2n) is 6.58. The van der Waals surface area contributed by atoms with Crippen molar-refractivity contribution in [3.8, 4) is 0 Å². The zero-order valence-corrected chi connectivity index (χ0v) is 16.8. The van der Waals surface area contributed by atoms with E-state index in [0.29, 0.717) is 21.1 Å². The molecule has 1 unspecified atom stereocenters. The Balaban J connectivity index is 1.63. The highest BCUT2D eigenvalue weighted by molar-refractivity contribution is 7.80. The molecule has 0 saturated heterocycles. The van der Waals surface area contributed by atoms with E-state index in [4.69, 9.17) is 9.32 Å². The zero-order chi connectivity index (χ0) is 21.1. The Labute approximate surface area is 175 Å². The standard InChI is InChI=1S/C23H17NO5S/c1-16-12-14-19(15-13-16)30(27)29-28-24-22(25)20(17-8-4-2-5-9-17)21(23(24)26)18-10-6-3-7-11-18/h2-15H,1H3. The van der Waals surface area contributed by atoms with Gasteiger partial charge in [-0.15, -0.1) is 9.40 Å². The summed E-state index contributed by atoms with van der Waals surface area (Å²) in [5, 5.41) is 0.497. The van der Waals surface area contributed by atoms with Gasteiger partial charge in [-0.1, -0.05) is 83.3 Å². The van der Waals surface area contributed by atoms with E-state index >= 15 is 0 Å². The Morgan fingerprint density at radius 2 is 1.17 bits per heavy atom. The van der Waals surface area contributed by atoms with E-state index in [1.807, 2.05) is 19.1 Å². The predicted molar refractivity (Wildman–Crippen MR) is 111 cm³/mol. The molecule has 3 aromatic carbocycles. The number of hydrogen-bond acceptors (Lipinski definition) is 5. The average Bonchev–Trinajstić information content (AvgIpc) is 3.03. The van der Waals surface area contributed by atoms with Crippen LogP contribution in [0.5, 0.6) is 0 Å². The highest BCUT2D eigenvalue weighted by Crippen LogP contribution is 2.35. The third-order valence-electron chi connectivity index (χ3n) is 4.55. The van der Waals surface area contributed by atoms with Crippen LogP contribution in [0.15, 0.2) is 89.8 Å². The summed E-state index contributed by atoms with van der Waals surface area (Å²) >= 11 is -2.02. The van der Waals surface area contributed by atoms with Crippen molar-refractivity contribution >= 4 is 34.0 Å². The van der Waals surface area contributed by atoms with Gasteiger partial charge < -0.3 is 0 Å². The number of benzene rings is 3. The van der Waals surface area contributed by atoms with Crippen molar-refractivity contribution in [3.05, 3.63) is 102 Å². The summed E-state index contributed by atoms with van der Waals surface area (Å²) in [6.45, 7) is 1.90. The topological polar surface area (TPSA) is 72.9 Å². The van der Waals surface area contributed by atoms with E-state index in [0.717, 1.165) is 5.56 Å². The molecule has 2 amide bonds. The molecule has 1 aliphatic heterocycles. The second kappa shape index (κ2) is 8.54. The van der Waals surface area contributed by atoms with Gasteiger partial charge in [-0.2, -0.15) is 0 Å². The van der Waals surface area contributed by atoms with Crippen LogP contribution in [0.25, 0.3) is 11.1 Å². The maximum Gasteiger partial charge on any atom is 0.289 e. The Hall–Kier alpha value is -3.39. The lowest BCUT2D eigenvalue weighted by atomic mass is 9.96. The van der Waals surface area contributed by atoms with Gasteiger partial charge in [0.25, 0.3) is 11.8 Å². The number of rotatable bonds is 6. The molecule has 0 fully saturated rings. The lowest BCUT2D eigenvalue weighted by Gasteiger charge is -2.12. The average molecular weight is 419 g/mol. The lowest BCUT2D eigenvalue weighted by molar-refractivity contribution is -0.325. The molecule has 4 rings (SSSR count). The Morgan fingerprint density at radius 3 is 1.63 bits per heavy atom. The molecule has 150 valence electrons. The van der Waals surface area contributed by atoms with Crippen molar-refractivity contribution in [2.45, 2.75) is 11.8 Å². The van der Waals surface area contributed by atoms with Crippen molar-refractivity contribution in [1.29, 1.82) is 0 Å². The molecule has 0 radical (unpaired) electrons. The molecule has 7 heteroatoms. The fourth-order valence-corrected chi connectivity index (χ4v) is 3.62. The molecule has 0 bridgehead atoms. The van der Waals surface area contributed by atoms with Gasteiger partial charge >= 0.3 is 0 Å². The Kier molecular flexibility index (Phi) is 5.67. The maximum atomic E-state index is 13.0. The van der Waals surface area contributed by atoms with Crippen molar-refractivity contribution in [3.63, 3.8) is 0 Å². The van der Waals surface area contributed by atoms with Gasteiger partial charge in [0.15, 0.2) is 0 Å². The van der Waals surface area contributed by atoms with Gasteiger partial charge in [0.2, 0.25) is 11.1 Å². The Bertz CT molecular complexity index is 1080. The van der Waals surface area contributed by atoms with E-state index < -0.39 is 22.9 Å². The summed E-state index contributed by atoms with van der Waals surface area (Å²) in [7, 11) is 0. The summed E-state index contributed by atoms with van der Waals surface area (Å²) < 4.78 is 17.2. The molecular weight excluding hydrogens is 402 g/mol. The molecule has 6 nitrogen and oxygen atoms in total. The fraction of sp³-hybridized carbons (Fsp3) is 0.0435. The number of amides is 2. The molecule has 3 aromatic rings. The van der Waals surface area contributed by atoms with Crippen molar-refractivity contribution in [2.75, 3.05) is 0 Å². The number of nitrogens with zero attached hydrogens (tertiary/aromatic N) is 1. The molecule has 0 spiro atoms. The zero-order valence-electron chi connectivity index (χ0n) is 16.0. The molecule has 0 aliphatic carbocycles. The molecule has 0 saturated carbocycles. The largest absolute Gasteiger partial charge is 0.289 e. The maximum absolute atomic E-state index is 13.0. The highest BCUT2D eigenvalue weighted by Gasteiger charge is 2.42. The minimum atomic E-state index is -2.02. The van der Waals surface area contributed by atoms with Crippen LogP contribution in [-0.2, 0) is 30.0 Å². The van der Waals surface area contributed by atoms with Crippen LogP contribution in [0.1, 0.15) is 16.7 Å². The van der Waals surface area contributed by atoms with Crippen LogP contribution in [0.4, 0.5) is 0 Å². The highest BCUT2D eigenvalue weighted by atomic mass is 32.2. The third-order valence-corrected chi connectivity index (χ3v) is 5.39. The Morgan fingerprint density at radius 1 is 0.700 bits per heavy atom. The van der Waals surface area contributed by atoms with Crippen LogP contribution in [-0.4, -0.2) is 21.1 Å². The van der Waals surface area contributed by atoms with Gasteiger partial charge in [-0.05, 0) is 30.2 Å². The SMILES string of the molecule is Cc1ccc(S(=O)OON2C(=O)C(c3ccccc3)=C(c3ccccc3)C2=O)cc1. The molecule has 0 aromatic heterocycles. The fourth-order valence-electron chi connectivity index (χ4n) is 3.07. The van der Waals surface area contributed by atoms with Crippen LogP contribution < -0.4 is 0 Å². The van der Waals surface area contributed by atoms with E-state index in [9.17, 15) is 13.8 Å². The first kappa shape index (κ1) is 19.9. The van der Waals surface area contributed by atoms with E-state index in [-0.39, 0.29) is 11.1 Å². The minimum absolute atomic E-state index is 0.191. The van der Waals surface area contributed by atoms with Crippen molar-refractivity contribution < 1.29 is 23.1 Å². The van der Waals surface area contributed by atoms with Gasteiger partial charge in [-0.3, -0.25) is 9.59 Å². The summed E-state index contributed by atoms with van der Waals surface area (Å²) in [4.78, 5) is 31.4. The van der Waals surface area contributed by atoms with Crippen LogP contribution in [0.2, 0.25) is 0 Å². The van der Waals surface area contributed by atoms with Crippen molar-refractivity contribution in [1.82, 2.24) is 5.06 Å². The van der Waals surface area contributed by atoms with Gasteiger partial charge in [0.05, 0.1) is 16.0 Å². The first-order valence-electron chi connectivity index (χ1n) is 9.13.